The maximum Gasteiger partial charge on any atom is 0.419 e. The van der Waals surface area contributed by atoms with E-state index in [-0.39, 0.29) is 37.4 Å². The molecule has 0 saturated carbocycles. The summed E-state index contributed by atoms with van der Waals surface area (Å²) >= 11 is 0. The van der Waals surface area contributed by atoms with E-state index < -0.39 is 23.8 Å². The number of amides is 1. The van der Waals surface area contributed by atoms with Crippen LogP contribution in [0.15, 0.2) is 48.7 Å². The van der Waals surface area contributed by atoms with E-state index in [1.807, 2.05) is 6.07 Å². The molecular formula is C26H25F3N4O4. The number of benzene rings is 2. The van der Waals surface area contributed by atoms with Crippen molar-refractivity contribution in [2.24, 2.45) is 0 Å². The molecule has 37 heavy (non-hydrogen) atoms. The number of ether oxygens (including phenoxy) is 1. The smallest absolute Gasteiger partial charge is 0.419 e. The quantitative estimate of drug-likeness (QED) is 0.438. The molecule has 3 aromatic rings. The number of fused-ring (bicyclic) bond motifs is 1. The second-order valence-electron chi connectivity index (χ2n) is 8.64. The molecule has 0 spiro atoms. The third kappa shape index (κ3) is 6.35. The fraction of sp³-hybridized carbons (Fsp3) is 0.308. The number of esters is 1. The van der Waals surface area contributed by atoms with Gasteiger partial charge in [0.2, 0.25) is 5.95 Å². The van der Waals surface area contributed by atoms with Crippen molar-refractivity contribution in [3.05, 3.63) is 82.2 Å². The average molecular weight is 515 g/mol. The number of rotatable bonds is 7. The first kappa shape index (κ1) is 25.9. The monoisotopic (exact) mass is 514 g/mol. The van der Waals surface area contributed by atoms with Crippen molar-refractivity contribution in [3.63, 3.8) is 0 Å². The first-order valence-electron chi connectivity index (χ1n) is 11.6. The largest absolute Gasteiger partial charge is 0.469 e. The van der Waals surface area contributed by atoms with E-state index in [0.29, 0.717) is 24.2 Å². The van der Waals surface area contributed by atoms with Gasteiger partial charge >= 0.3 is 18.2 Å². The number of hydrogen-bond acceptors (Lipinski definition) is 6. The van der Waals surface area contributed by atoms with Crippen LogP contribution in [-0.4, -0.2) is 45.7 Å². The number of methoxy groups -OCH3 is 1. The summed E-state index contributed by atoms with van der Waals surface area (Å²) in [5.74, 6) is -0.411. The molecule has 0 bridgehead atoms. The molecule has 0 fully saturated rings. The van der Waals surface area contributed by atoms with Crippen LogP contribution in [0.3, 0.4) is 0 Å². The van der Waals surface area contributed by atoms with Crippen LogP contribution >= 0.6 is 0 Å². The summed E-state index contributed by atoms with van der Waals surface area (Å²) in [7, 11) is 1.28. The second-order valence-corrected chi connectivity index (χ2v) is 8.64. The van der Waals surface area contributed by atoms with Crippen LogP contribution in [0, 0.1) is 0 Å². The van der Waals surface area contributed by atoms with Gasteiger partial charge in [-0.3, -0.25) is 4.79 Å². The summed E-state index contributed by atoms with van der Waals surface area (Å²) < 4.78 is 45.8. The van der Waals surface area contributed by atoms with Crippen molar-refractivity contribution in [2.75, 3.05) is 19.0 Å². The minimum atomic E-state index is -4.62. The summed E-state index contributed by atoms with van der Waals surface area (Å²) in [6.07, 6.45) is -4.05. The molecule has 1 aliphatic rings. The summed E-state index contributed by atoms with van der Waals surface area (Å²) in [5.41, 5.74) is 2.77. The van der Waals surface area contributed by atoms with Gasteiger partial charge in [0.1, 0.15) is 0 Å². The number of aromatic nitrogens is 2. The van der Waals surface area contributed by atoms with E-state index in [2.05, 4.69) is 15.3 Å². The highest BCUT2D eigenvalue weighted by molar-refractivity contribution is 5.73. The zero-order chi connectivity index (χ0) is 26.6. The van der Waals surface area contributed by atoms with Gasteiger partial charge in [0.15, 0.2) is 0 Å². The van der Waals surface area contributed by atoms with Gasteiger partial charge in [0.25, 0.3) is 0 Å². The Morgan fingerprint density at radius 3 is 2.57 bits per heavy atom. The first-order chi connectivity index (χ1) is 17.6. The molecule has 1 aromatic heterocycles. The molecule has 0 unspecified atom stereocenters. The standard InChI is InChI=1S/C26H25F3N4O4/c1-37-23(34)13-17-5-3-2-4-16(17)7-9-22-21(26(27,28)29)14-30-24(32-22)31-20-8-6-19-15-33(25(35)36)11-10-18(19)12-20/h2-6,8,12,14H,7,9-11,13,15H2,1H3,(H,35,36)(H,30,31,32). The Morgan fingerprint density at radius 2 is 1.86 bits per heavy atom. The zero-order valence-corrected chi connectivity index (χ0v) is 20.0. The van der Waals surface area contributed by atoms with Crippen LogP contribution < -0.4 is 5.32 Å². The van der Waals surface area contributed by atoms with E-state index in [4.69, 9.17) is 4.74 Å². The van der Waals surface area contributed by atoms with Crippen LogP contribution in [0.4, 0.5) is 29.6 Å². The summed E-state index contributed by atoms with van der Waals surface area (Å²) in [4.78, 5) is 32.3. The van der Waals surface area contributed by atoms with Gasteiger partial charge in [-0.1, -0.05) is 30.3 Å². The molecule has 1 amide bonds. The molecule has 2 heterocycles. The van der Waals surface area contributed by atoms with Gasteiger partial charge in [-0.05, 0) is 53.6 Å². The van der Waals surface area contributed by atoms with Crippen molar-refractivity contribution < 1.29 is 32.6 Å². The molecule has 2 aromatic carbocycles. The number of nitrogens with one attached hydrogen (secondary N) is 1. The van der Waals surface area contributed by atoms with Gasteiger partial charge in [-0.25, -0.2) is 14.8 Å². The molecule has 0 aliphatic carbocycles. The van der Waals surface area contributed by atoms with Crippen molar-refractivity contribution in [2.45, 2.75) is 38.4 Å². The van der Waals surface area contributed by atoms with Crippen molar-refractivity contribution in [1.29, 1.82) is 0 Å². The number of halogens is 3. The van der Waals surface area contributed by atoms with E-state index >= 15 is 0 Å². The van der Waals surface area contributed by atoms with Crippen molar-refractivity contribution >= 4 is 23.7 Å². The Hall–Kier alpha value is -4.15. The molecule has 1 aliphatic heterocycles. The predicted molar refractivity (Wildman–Crippen MR) is 128 cm³/mol. The normalized spacial score (nSPS) is 13.1. The molecular weight excluding hydrogens is 489 g/mol. The zero-order valence-electron chi connectivity index (χ0n) is 20.0. The maximum absolute atomic E-state index is 13.7. The molecule has 0 saturated heterocycles. The van der Waals surface area contributed by atoms with Crippen LogP contribution in [0.2, 0.25) is 0 Å². The lowest BCUT2D eigenvalue weighted by Gasteiger charge is -2.26. The number of nitrogens with zero attached hydrogens (tertiary/aromatic N) is 3. The lowest BCUT2D eigenvalue weighted by Crippen LogP contribution is -2.34. The van der Waals surface area contributed by atoms with Crippen LogP contribution in [0.1, 0.15) is 33.5 Å². The third-order valence-electron chi connectivity index (χ3n) is 6.23. The third-order valence-corrected chi connectivity index (χ3v) is 6.23. The van der Waals surface area contributed by atoms with Crippen LogP contribution in [0.5, 0.6) is 0 Å². The highest BCUT2D eigenvalue weighted by atomic mass is 19.4. The Bertz CT molecular complexity index is 1310. The van der Waals surface area contributed by atoms with Crippen LogP contribution in [-0.2, 0) is 47.9 Å². The number of carbonyl (C=O) groups excluding carboxylic acids is 1. The highest BCUT2D eigenvalue weighted by Crippen LogP contribution is 2.32. The molecule has 11 heteroatoms. The Morgan fingerprint density at radius 1 is 1.11 bits per heavy atom. The minimum Gasteiger partial charge on any atom is -0.469 e. The summed E-state index contributed by atoms with van der Waals surface area (Å²) in [6, 6.07) is 12.4. The van der Waals surface area contributed by atoms with Crippen molar-refractivity contribution in [1.82, 2.24) is 14.9 Å². The predicted octanol–water partition coefficient (Wildman–Crippen LogP) is 4.78. The maximum atomic E-state index is 13.7. The molecule has 8 nitrogen and oxygen atoms in total. The molecule has 0 atom stereocenters. The number of carbonyl (C=O) groups is 2. The van der Waals surface area contributed by atoms with Crippen molar-refractivity contribution in [3.8, 4) is 0 Å². The summed E-state index contributed by atoms with van der Waals surface area (Å²) in [6.45, 7) is 0.646. The Balaban J connectivity index is 1.55. The van der Waals surface area contributed by atoms with Gasteiger partial charge < -0.3 is 20.1 Å². The molecule has 0 radical (unpaired) electrons. The van der Waals surface area contributed by atoms with E-state index in [0.717, 1.165) is 22.9 Å². The fourth-order valence-electron chi connectivity index (χ4n) is 4.28. The topological polar surface area (TPSA) is 105 Å². The average Bonchev–Trinajstić information content (AvgIpc) is 2.87. The van der Waals surface area contributed by atoms with Crippen LogP contribution in [0.25, 0.3) is 0 Å². The molecule has 194 valence electrons. The van der Waals surface area contributed by atoms with E-state index in [1.54, 1.807) is 36.4 Å². The fourth-order valence-corrected chi connectivity index (χ4v) is 4.28. The SMILES string of the molecule is COC(=O)Cc1ccccc1CCc1nc(Nc2ccc3c(c2)CCN(C(=O)O)C3)ncc1C(F)(F)F. The number of carboxylic acid groups (broad SMARTS) is 1. The van der Waals surface area contributed by atoms with E-state index in [9.17, 15) is 27.9 Å². The number of anilines is 2. The minimum absolute atomic E-state index is 0.0144. The van der Waals surface area contributed by atoms with Gasteiger partial charge in [-0.2, -0.15) is 13.2 Å². The lowest BCUT2D eigenvalue weighted by atomic mass is 9.98. The van der Waals surface area contributed by atoms with Gasteiger partial charge in [0, 0.05) is 25.0 Å². The number of alkyl halides is 3. The molecule has 4 rings (SSSR count). The lowest BCUT2D eigenvalue weighted by molar-refractivity contribution is -0.140. The van der Waals surface area contributed by atoms with Gasteiger partial charge in [0.05, 0.1) is 24.8 Å². The molecule has 2 N–H and O–H groups in total. The number of hydrogen-bond donors (Lipinski definition) is 2. The first-order valence-corrected chi connectivity index (χ1v) is 11.6. The Labute approximate surface area is 211 Å². The second kappa shape index (κ2) is 10.9. The summed E-state index contributed by atoms with van der Waals surface area (Å²) in [5, 5.41) is 12.2. The number of aryl methyl sites for hydroxylation is 2. The highest BCUT2D eigenvalue weighted by Gasteiger charge is 2.35. The van der Waals surface area contributed by atoms with Gasteiger partial charge in [-0.15, -0.1) is 0 Å². The van der Waals surface area contributed by atoms with E-state index in [1.165, 1.54) is 12.0 Å². The Kier molecular flexibility index (Phi) is 7.61.